The van der Waals surface area contributed by atoms with Crippen molar-refractivity contribution in [2.24, 2.45) is 5.92 Å². The highest BCUT2D eigenvalue weighted by Gasteiger charge is 2.31. The molecule has 2 aromatic rings. The zero-order chi connectivity index (χ0) is 21.5. The van der Waals surface area contributed by atoms with Crippen LogP contribution < -0.4 is 14.2 Å². The number of fused-ring (bicyclic) bond motifs is 1. The van der Waals surface area contributed by atoms with E-state index in [1.54, 1.807) is 12.1 Å². The number of hydrogen-bond donors (Lipinski definition) is 0. The van der Waals surface area contributed by atoms with Crippen LogP contribution in [0, 0.1) is 11.7 Å². The molecular formula is C26H35ClFNO3. The van der Waals surface area contributed by atoms with Crippen LogP contribution in [-0.4, -0.2) is 37.9 Å². The summed E-state index contributed by atoms with van der Waals surface area (Å²) in [5.41, 5.74) is 1.21. The van der Waals surface area contributed by atoms with E-state index in [2.05, 4.69) is 11.8 Å². The molecule has 2 aliphatic rings. The quantitative estimate of drug-likeness (QED) is 0.380. The molecule has 0 amide bonds. The molecule has 0 aromatic heterocycles. The Balaban J connectivity index is 0.00000289. The standard InChI is InChI=1S/C26H34FNO3.ClH/c1-2-3-4-5-6-14-28-15-13-24(20-7-9-22(27)10-8-20)21(17-28)18-29-23-11-12-25-26(16-23)31-19-30-25;/h7-12,16,21,24H,2-6,13-15,17-19H2,1H3;1H/t21-,24-;/m1./s1. The van der Waals surface area contributed by atoms with E-state index < -0.39 is 0 Å². The number of halogens is 2. The molecule has 1 saturated heterocycles. The highest BCUT2D eigenvalue weighted by Crippen LogP contribution is 2.37. The molecule has 2 heterocycles. The summed E-state index contributed by atoms with van der Waals surface area (Å²) in [6.45, 7) is 6.41. The zero-order valence-corrected chi connectivity index (χ0v) is 19.7. The minimum atomic E-state index is -0.179. The molecule has 6 heteroatoms. The first-order valence-electron chi connectivity index (χ1n) is 11.7. The highest BCUT2D eigenvalue weighted by atomic mass is 35.5. The summed E-state index contributed by atoms with van der Waals surface area (Å²) < 4.78 is 30.5. The van der Waals surface area contributed by atoms with Crippen molar-refractivity contribution in [3.8, 4) is 17.2 Å². The number of unbranched alkanes of at least 4 members (excludes halogenated alkanes) is 4. The van der Waals surface area contributed by atoms with Gasteiger partial charge in [0.05, 0.1) is 6.61 Å². The van der Waals surface area contributed by atoms with Gasteiger partial charge < -0.3 is 19.1 Å². The van der Waals surface area contributed by atoms with Gasteiger partial charge in [-0.05, 0) is 61.7 Å². The highest BCUT2D eigenvalue weighted by molar-refractivity contribution is 5.85. The van der Waals surface area contributed by atoms with Gasteiger partial charge in [-0.1, -0.05) is 44.7 Å². The Hall–Kier alpha value is -1.98. The van der Waals surface area contributed by atoms with Crippen molar-refractivity contribution in [2.45, 2.75) is 51.4 Å². The predicted molar refractivity (Wildman–Crippen MR) is 128 cm³/mol. The third-order valence-corrected chi connectivity index (χ3v) is 6.50. The lowest BCUT2D eigenvalue weighted by molar-refractivity contribution is 0.109. The topological polar surface area (TPSA) is 30.9 Å². The minimum Gasteiger partial charge on any atom is -0.493 e. The first-order chi connectivity index (χ1) is 15.2. The maximum absolute atomic E-state index is 13.5. The van der Waals surface area contributed by atoms with E-state index in [9.17, 15) is 4.39 Å². The second kappa shape index (κ2) is 12.3. The number of ether oxygens (including phenoxy) is 3. The van der Waals surface area contributed by atoms with Crippen molar-refractivity contribution in [2.75, 3.05) is 33.0 Å². The number of rotatable bonds is 10. The van der Waals surface area contributed by atoms with E-state index in [-0.39, 0.29) is 25.0 Å². The molecule has 4 nitrogen and oxygen atoms in total. The Morgan fingerprint density at radius 3 is 2.59 bits per heavy atom. The van der Waals surface area contributed by atoms with Gasteiger partial charge in [0, 0.05) is 18.5 Å². The fraction of sp³-hybridized carbons (Fsp3) is 0.538. The lowest BCUT2D eigenvalue weighted by Crippen LogP contribution is -2.42. The number of hydrogen-bond acceptors (Lipinski definition) is 4. The molecule has 1 fully saturated rings. The summed E-state index contributed by atoms with van der Waals surface area (Å²) in [7, 11) is 0. The van der Waals surface area contributed by atoms with Crippen molar-refractivity contribution in [1.82, 2.24) is 4.90 Å². The molecule has 2 aromatic carbocycles. The van der Waals surface area contributed by atoms with Crippen LogP contribution in [0.15, 0.2) is 42.5 Å². The van der Waals surface area contributed by atoms with Gasteiger partial charge in [-0.3, -0.25) is 0 Å². The van der Waals surface area contributed by atoms with Crippen LogP contribution in [0.4, 0.5) is 4.39 Å². The summed E-state index contributed by atoms with van der Waals surface area (Å²) in [5.74, 6) is 2.87. The second-order valence-corrected chi connectivity index (χ2v) is 8.75. The van der Waals surface area contributed by atoms with Crippen molar-refractivity contribution in [3.05, 3.63) is 53.8 Å². The van der Waals surface area contributed by atoms with Gasteiger partial charge >= 0.3 is 0 Å². The van der Waals surface area contributed by atoms with Gasteiger partial charge in [0.25, 0.3) is 0 Å². The maximum Gasteiger partial charge on any atom is 0.231 e. The summed E-state index contributed by atoms with van der Waals surface area (Å²) in [6.07, 6.45) is 7.59. The first-order valence-corrected chi connectivity index (χ1v) is 11.7. The average Bonchev–Trinajstić information content (AvgIpc) is 3.26. The van der Waals surface area contributed by atoms with Crippen LogP contribution in [0.25, 0.3) is 0 Å². The number of benzene rings is 2. The molecule has 0 N–H and O–H groups in total. The molecule has 0 saturated carbocycles. The molecule has 0 aliphatic carbocycles. The van der Waals surface area contributed by atoms with Crippen molar-refractivity contribution in [3.63, 3.8) is 0 Å². The smallest absolute Gasteiger partial charge is 0.231 e. The van der Waals surface area contributed by atoms with Crippen molar-refractivity contribution in [1.29, 1.82) is 0 Å². The lowest BCUT2D eigenvalue weighted by Gasteiger charge is -2.39. The molecule has 176 valence electrons. The third-order valence-electron chi connectivity index (χ3n) is 6.50. The number of nitrogens with zero attached hydrogens (tertiary/aromatic N) is 1. The second-order valence-electron chi connectivity index (χ2n) is 8.75. The Bertz CT molecular complexity index is 832. The molecule has 0 radical (unpaired) electrons. The summed E-state index contributed by atoms with van der Waals surface area (Å²) in [6, 6.07) is 12.8. The maximum atomic E-state index is 13.5. The molecular weight excluding hydrogens is 429 g/mol. The normalized spacial score (nSPS) is 20.1. The van der Waals surface area contributed by atoms with Crippen LogP contribution >= 0.6 is 12.4 Å². The van der Waals surface area contributed by atoms with Crippen LogP contribution in [-0.2, 0) is 0 Å². The fourth-order valence-electron chi connectivity index (χ4n) is 4.74. The van der Waals surface area contributed by atoms with E-state index in [1.165, 1.54) is 37.7 Å². The van der Waals surface area contributed by atoms with Gasteiger partial charge in [-0.2, -0.15) is 0 Å². The molecule has 0 spiro atoms. The Morgan fingerprint density at radius 2 is 1.78 bits per heavy atom. The molecule has 2 atom stereocenters. The Kier molecular flexibility index (Phi) is 9.49. The zero-order valence-electron chi connectivity index (χ0n) is 18.9. The lowest BCUT2D eigenvalue weighted by atomic mass is 9.80. The van der Waals surface area contributed by atoms with E-state index >= 15 is 0 Å². The van der Waals surface area contributed by atoms with E-state index in [1.807, 2.05) is 30.3 Å². The van der Waals surface area contributed by atoms with Gasteiger partial charge in [0.1, 0.15) is 11.6 Å². The molecule has 32 heavy (non-hydrogen) atoms. The van der Waals surface area contributed by atoms with E-state index in [0.717, 1.165) is 43.3 Å². The van der Waals surface area contributed by atoms with Gasteiger partial charge in [0.2, 0.25) is 6.79 Å². The molecule has 2 aliphatic heterocycles. The molecule has 4 rings (SSSR count). The molecule has 0 unspecified atom stereocenters. The van der Waals surface area contributed by atoms with Crippen molar-refractivity contribution < 1.29 is 18.6 Å². The fourth-order valence-corrected chi connectivity index (χ4v) is 4.74. The van der Waals surface area contributed by atoms with Crippen LogP contribution in [0.2, 0.25) is 0 Å². The number of piperidine rings is 1. The van der Waals surface area contributed by atoms with Crippen LogP contribution in [0.3, 0.4) is 0 Å². The minimum absolute atomic E-state index is 0. The summed E-state index contributed by atoms with van der Waals surface area (Å²) in [4.78, 5) is 2.58. The Labute approximate surface area is 197 Å². The van der Waals surface area contributed by atoms with Crippen LogP contribution in [0.1, 0.15) is 56.9 Å². The first kappa shape index (κ1) is 24.7. The number of likely N-dealkylation sites (tertiary alicyclic amines) is 1. The van der Waals surface area contributed by atoms with E-state index in [0.29, 0.717) is 18.4 Å². The predicted octanol–water partition coefficient (Wildman–Crippen LogP) is 6.43. The van der Waals surface area contributed by atoms with Crippen LogP contribution in [0.5, 0.6) is 17.2 Å². The monoisotopic (exact) mass is 463 g/mol. The average molecular weight is 464 g/mol. The van der Waals surface area contributed by atoms with Gasteiger partial charge in [-0.25, -0.2) is 4.39 Å². The van der Waals surface area contributed by atoms with Gasteiger partial charge in [-0.15, -0.1) is 12.4 Å². The van der Waals surface area contributed by atoms with Crippen molar-refractivity contribution >= 4 is 12.4 Å². The molecule has 0 bridgehead atoms. The Morgan fingerprint density at radius 1 is 1.00 bits per heavy atom. The summed E-state index contributed by atoms with van der Waals surface area (Å²) >= 11 is 0. The van der Waals surface area contributed by atoms with E-state index in [4.69, 9.17) is 14.2 Å². The largest absolute Gasteiger partial charge is 0.493 e. The SMILES string of the molecule is CCCCCCCN1CC[C@H](c2ccc(F)cc2)[C@@H](COc2ccc3c(c2)OCO3)C1.Cl. The third kappa shape index (κ3) is 6.52. The summed E-state index contributed by atoms with van der Waals surface area (Å²) in [5, 5.41) is 0. The van der Waals surface area contributed by atoms with Gasteiger partial charge in [0.15, 0.2) is 11.5 Å².